The number of hydrogen-bond donors (Lipinski definition) is 2. The summed E-state index contributed by atoms with van der Waals surface area (Å²) in [4.78, 5) is 14.1. The average Bonchev–Trinajstić information content (AvgIpc) is 2.81. The maximum Gasteiger partial charge on any atom is 0.257 e. The number of aromatic amines is 1. The SMILES string of the molecule is CCCN(CC(C)(C)CN)C(=O)c1cn[nH]c1. The molecule has 0 aliphatic rings. The van der Waals surface area contributed by atoms with Crippen LogP contribution < -0.4 is 5.73 Å². The molecule has 1 rings (SSSR count). The predicted octanol–water partition coefficient (Wildman–Crippen LogP) is 1.25. The van der Waals surface area contributed by atoms with Crippen LogP contribution in [-0.4, -0.2) is 40.6 Å². The lowest BCUT2D eigenvalue weighted by atomic mass is 9.93. The van der Waals surface area contributed by atoms with Crippen LogP contribution in [0, 0.1) is 5.41 Å². The summed E-state index contributed by atoms with van der Waals surface area (Å²) in [5.41, 5.74) is 6.26. The summed E-state index contributed by atoms with van der Waals surface area (Å²) >= 11 is 0. The molecule has 1 heterocycles. The number of hydrogen-bond acceptors (Lipinski definition) is 3. The van der Waals surface area contributed by atoms with E-state index in [0.29, 0.717) is 18.7 Å². The third-order valence-electron chi connectivity index (χ3n) is 2.70. The van der Waals surface area contributed by atoms with Gasteiger partial charge < -0.3 is 10.6 Å². The monoisotopic (exact) mass is 238 g/mol. The van der Waals surface area contributed by atoms with Crippen LogP contribution >= 0.6 is 0 Å². The van der Waals surface area contributed by atoms with Gasteiger partial charge in [-0.15, -0.1) is 0 Å². The number of H-pyrrole nitrogens is 1. The van der Waals surface area contributed by atoms with Crippen LogP contribution in [0.2, 0.25) is 0 Å². The van der Waals surface area contributed by atoms with E-state index in [1.807, 2.05) is 4.90 Å². The lowest BCUT2D eigenvalue weighted by molar-refractivity contribution is 0.0689. The number of nitrogens with two attached hydrogens (primary N) is 1. The lowest BCUT2D eigenvalue weighted by Gasteiger charge is -2.31. The van der Waals surface area contributed by atoms with Crippen molar-refractivity contribution in [3.63, 3.8) is 0 Å². The Bertz CT molecular complexity index is 345. The number of nitrogens with one attached hydrogen (secondary N) is 1. The highest BCUT2D eigenvalue weighted by Crippen LogP contribution is 2.16. The highest BCUT2D eigenvalue weighted by Gasteiger charge is 2.24. The number of nitrogens with zero attached hydrogens (tertiary/aromatic N) is 2. The van der Waals surface area contributed by atoms with Crippen molar-refractivity contribution >= 4 is 5.91 Å². The predicted molar refractivity (Wildman–Crippen MR) is 67.6 cm³/mol. The smallest absolute Gasteiger partial charge is 0.257 e. The van der Waals surface area contributed by atoms with Gasteiger partial charge in [-0.1, -0.05) is 20.8 Å². The van der Waals surface area contributed by atoms with Crippen LogP contribution in [0.3, 0.4) is 0 Å². The molecule has 1 amide bonds. The minimum absolute atomic E-state index is 0.0159. The first-order chi connectivity index (χ1) is 8.00. The van der Waals surface area contributed by atoms with Gasteiger partial charge in [0.1, 0.15) is 0 Å². The zero-order valence-corrected chi connectivity index (χ0v) is 10.9. The van der Waals surface area contributed by atoms with Gasteiger partial charge in [-0.25, -0.2) is 0 Å². The quantitative estimate of drug-likeness (QED) is 0.783. The molecule has 0 atom stereocenters. The Labute approximate surface area is 102 Å². The summed E-state index contributed by atoms with van der Waals surface area (Å²) in [6, 6.07) is 0. The van der Waals surface area contributed by atoms with Gasteiger partial charge in [0.2, 0.25) is 0 Å². The van der Waals surface area contributed by atoms with Gasteiger partial charge >= 0.3 is 0 Å². The van der Waals surface area contributed by atoms with Crippen molar-refractivity contribution in [2.24, 2.45) is 11.1 Å². The van der Waals surface area contributed by atoms with Crippen molar-refractivity contribution in [1.29, 1.82) is 0 Å². The van der Waals surface area contributed by atoms with E-state index in [1.54, 1.807) is 12.4 Å². The maximum atomic E-state index is 12.2. The van der Waals surface area contributed by atoms with Gasteiger partial charge in [-0.2, -0.15) is 5.10 Å². The normalized spacial score (nSPS) is 11.5. The first kappa shape index (κ1) is 13.7. The third kappa shape index (κ3) is 3.85. The highest BCUT2D eigenvalue weighted by molar-refractivity contribution is 5.93. The molecular weight excluding hydrogens is 216 g/mol. The molecule has 0 unspecified atom stereocenters. The number of carbonyl (C=O) groups is 1. The van der Waals surface area contributed by atoms with Crippen LogP contribution in [0.1, 0.15) is 37.6 Å². The summed E-state index contributed by atoms with van der Waals surface area (Å²) in [6.07, 6.45) is 4.12. The average molecular weight is 238 g/mol. The second-order valence-electron chi connectivity index (χ2n) is 5.08. The van der Waals surface area contributed by atoms with Crippen LogP contribution in [0.15, 0.2) is 12.4 Å². The molecule has 5 heteroatoms. The fraction of sp³-hybridized carbons (Fsp3) is 0.667. The van der Waals surface area contributed by atoms with Crippen LogP contribution in [0.25, 0.3) is 0 Å². The summed E-state index contributed by atoms with van der Waals surface area (Å²) in [5.74, 6) is 0.0159. The van der Waals surface area contributed by atoms with Crippen molar-refractivity contribution in [3.8, 4) is 0 Å². The Balaban J connectivity index is 2.75. The van der Waals surface area contributed by atoms with Crippen LogP contribution in [0.5, 0.6) is 0 Å². The fourth-order valence-corrected chi connectivity index (χ4v) is 1.65. The van der Waals surface area contributed by atoms with E-state index in [2.05, 4.69) is 31.0 Å². The van der Waals surface area contributed by atoms with Gasteiger partial charge in [0.25, 0.3) is 5.91 Å². The van der Waals surface area contributed by atoms with Gasteiger partial charge in [0.05, 0.1) is 11.8 Å². The van der Waals surface area contributed by atoms with Gasteiger partial charge in [0.15, 0.2) is 0 Å². The zero-order valence-electron chi connectivity index (χ0n) is 10.9. The zero-order chi connectivity index (χ0) is 12.9. The topological polar surface area (TPSA) is 75.0 Å². The largest absolute Gasteiger partial charge is 0.338 e. The van der Waals surface area contributed by atoms with E-state index in [4.69, 9.17) is 5.73 Å². The Kier molecular flexibility index (Phi) is 4.69. The number of carbonyl (C=O) groups excluding carboxylic acids is 1. The molecule has 0 bridgehead atoms. The number of rotatable bonds is 6. The molecule has 0 spiro atoms. The Morgan fingerprint density at radius 2 is 2.29 bits per heavy atom. The molecule has 1 aromatic rings. The molecule has 0 saturated carbocycles. The van der Waals surface area contributed by atoms with Crippen molar-refractivity contribution in [2.45, 2.75) is 27.2 Å². The van der Waals surface area contributed by atoms with E-state index >= 15 is 0 Å². The van der Waals surface area contributed by atoms with E-state index in [1.165, 1.54) is 0 Å². The second-order valence-corrected chi connectivity index (χ2v) is 5.08. The van der Waals surface area contributed by atoms with Crippen LogP contribution in [0.4, 0.5) is 0 Å². The second kappa shape index (κ2) is 5.82. The summed E-state index contributed by atoms with van der Waals surface area (Å²) in [6.45, 7) is 8.17. The van der Waals surface area contributed by atoms with E-state index in [0.717, 1.165) is 13.0 Å². The van der Waals surface area contributed by atoms with Gasteiger partial charge in [-0.05, 0) is 18.4 Å². The molecule has 1 aromatic heterocycles. The first-order valence-corrected chi connectivity index (χ1v) is 5.98. The molecule has 96 valence electrons. The van der Waals surface area contributed by atoms with E-state index < -0.39 is 0 Å². The summed E-state index contributed by atoms with van der Waals surface area (Å²) < 4.78 is 0. The van der Waals surface area contributed by atoms with Crippen molar-refractivity contribution < 1.29 is 4.79 Å². The maximum absolute atomic E-state index is 12.2. The molecule has 0 saturated heterocycles. The molecule has 5 nitrogen and oxygen atoms in total. The van der Waals surface area contributed by atoms with E-state index in [9.17, 15) is 4.79 Å². The standard InChI is InChI=1S/C12H22N4O/c1-4-5-16(9-12(2,3)8-13)11(17)10-6-14-15-7-10/h6-7H,4-5,8-9,13H2,1-3H3,(H,14,15). The Morgan fingerprint density at radius 3 is 2.76 bits per heavy atom. The number of aromatic nitrogens is 2. The van der Waals surface area contributed by atoms with Gasteiger partial charge in [0, 0.05) is 19.3 Å². The Hall–Kier alpha value is -1.36. The minimum Gasteiger partial charge on any atom is -0.338 e. The first-order valence-electron chi connectivity index (χ1n) is 5.98. The van der Waals surface area contributed by atoms with Crippen molar-refractivity contribution in [2.75, 3.05) is 19.6 Å². The van der Waals surface area contributed by atoms with Crippen molar-refractivity contribution in [1.82, 2.24) is 15.1 Å². The molecule has 17 heavy (non-hydrogen) atoms. The molecule has 0 radical (unpaired) electrons. The molecule has 0 fully saturated rings. The molecular formula is C12H22N4O. The minimum atomic E-state index is -0.0609. The molecule has 0 aliphatic heterocycles. The molecule has 0 aliphatic carbocycles. The fourth-order valence-electron chi connectivity index (χ4n) is 1.65. The molecule has 0 aromatic carbocycles. The molecule has 3 N–H and O–H groups in total. The summed E-state index contributed by atoms with van der Waals surface area (Å²) in [5, 5.41) is 6.47. The van der Waals surface area contributed by atoms with Crippen LogP contribution in [-0.2, 0) is 0 Å². The third-order valence-corrected chi connectivity index (χ3v) is 2.70. The Morgan fingerprint density at radius 1 is 1.59 bits per heavy atom. The number of amides is 1. The highest BCUT2D eigenvalue weighted by atomic mass is 16.2. The lowest BCUT2D eigenvalue weighted by Crippen LogP contribution is -2.42. The summed E-state index contributed by atoms with van der Waals surface area (Å²) in [7, 11) is 0. The van der Waals surface area contributed by atoms with Crippen molar-refractivity contribution in [3.05, 3.63) is 18.0 Å². The van der Waals surface area contributed by atoms with Gasteiger partial charge in [-0.3, -0.25) is 9.89 Å². The van der Waals surface area contributed by atoms with E-state index in [-0.39, 0.29) is 11.3 Å².